The molecule has 0 bridgehead atoms. The van der Waals surface area contributed by atoms with Crippen molar-refractivity contribution >= 4 is 32.1 Å². The number of benzene rings is 1. The van der Waals surface area contributed by atoms with Crippen molar-refractivity contribution < 1.29 is 9.53 Å². The fraction of sp³-hybridized carbons (Fsp3) is 0.400. The molecule has 0 amide bonds. The van der Waals surface area contributed by atoms with Crippen molar-refractivity contribution in [2.24, 2.45) is 0 Å². The average Bonchev–Trinajstić information content (AvgIpc) is 2.28. The van der Waals surface area contributed by atoms with E-state index in [4.69, 9.17) is 4.74 Å². The maximum absolute atomic E-state index is 11.3. The first-order chi connectivity index (χ1) is 8.34. The van der Waals surface area contributed by atoms with Crippen molar-refractivity contribution in [1.29, 1.82) is 0 Å². The van der Waals surface area contributed by atoms with Gasteiger partial charge in [-0.2, -0.15) is 0 Å². The second-order valence-corrected chi connectivity index (χ2v) is 6.23. The van der Waals surface area contributed by atoms with E-state index in [2.05, 4.69) is 55.5 Å². The molecule has 0 aliphatic carbocycles. The minimum absolute atomic E-state index is 0.148. The van der Waals surface area contributed by atoms with Gasteiger partial charge in [0.25, 0.3) is 0 Å². The summed E-state index contributed by atoms with van der Waals surface area (Å²) in [4.78, 5) is 11.3. The van der Waals surface area contributed by atoms with E-state index in [9.17, 15) is 4.79 Å². The van der Waals surface area contributed by atoms with Crippen molar-refractivity contribution in [2.45, 2.75) is 33.1 Å². The molecule has 18 heavy (non-hydrogen) atoms. The molecule has 0 unspecified atom stereocenters. The van der Waals surface area contributed by atoms with Crippen molar-refractivity contribution in [2.75, 3.05) is 6.61 Å². The molecule has 0 spiro atoms. The summed E-state index contributed by atoms with van der Waals surface area (Å²) >= 11 is 2.16. The van der Waals surface area contributed by atoms with E-state index in [1.807, 2.05) is 12.1 Å². The second-order valence-electron chi connectivity index (χ2n) is 5.07. The lowest BCUT2D eigenvalue weighted by atomic mass is 9.87. The Morgan fingerprint density at radius 2 is 1.83 bits per heavy atom. The Hall–Kier alpha value is -0.840. The summed E-state index contributed by atoms with van der Waals surface area (Å²) in [7, 11) is 0. The number of carbonyl (C=O) groups is 1. The smallest absolute Gasteiger partial charge is 0.331 e. The van der Waals surface area contributed by atoms with E-state index in [-0.39, 0.29) is 11.4 Å². The van der Waals surface area contributed by atoms with Crippen molar-refractivity contribution in [3.63, 3.8) is 0 Å². The lowest BCUT2D eigenvalue weighted by Crippen LogP contribution is -2.10. The van der Waals surface area contributed by atoms with Crippen LogP contribution >= 0.6 is 22.6 Å². The van der Waals surface area contributed by atoms with Crippen LogP contribution in [0.5, 0.6) is 0 Å². The molecule has 0 saturated heterocycles. The van der Waals surface area contributed by atoms with Gasteiger partial charge in [-0.1, -0.05) is 45.0 Å². The minimum Gasteiger partial charge on any atom is -0.463 e. The van der Waals surface area contributed by atoms with Gasteiger partial charge in [-0.15, -0.1) is 0 Å². The molecular formula is C15H19IO2. The highest BCUT2D eigenvalue weighted by molar-refractivity contribution is 14.1. The Morgan fingerprint density at radius 3 is 2.28 bits per heavy atom. The molecule has 0 aliphatic heterocycles. The summed E-state index contributed by atoms with van der Waals surface area (Å²) < 4.78 is 5.79. The Balaban J connectivity index is 2.89. The summed E-state index contributed by atoms with van der Waals surface area (Å²) in [6.45, 7) is 8.75. The molecule has 1 aromatic carbocycles. The molecule has 1 rings (SSSR count). The molecule has 0 heterocycles. The summed E-state index contributed by atoms with van der Waals surface area (Å²) in [6.07, 6.45) is 1.52. The molecule has 0 atom stereocenters. The van der Waals surface area contributed by atoms with Crippen molar-refractivity contribution in [3.05, 3.63) is 41.5 Å². The maximum atomic E-state index is 11.3. The third-order valence-electron chi connectivity index (χ3n) is 2.56. The van der Waals surface area contributed by atoms with Gasteiger partial charge >= 0.3 is 5.97 Å². The lowest BCUT2D eigenvalue weighted by molar-refractivity contribution is -0.137. The van der Waals surface area contributed by atoms with Crippen LogP contribution in [0.4, 0.5) is 0 Å². The van der Waals surface area contributed by atoms with E-state index in [0.29, 0.717) is 6.61 Å². The number of esters is 1. The molecule has 0 radical (unpaired) electrons. The van der Waals surface area contributed by atoms with Crippen LogP contribution in [0, 0.1) is 0 Å². The van der Waals surface area contributed by atoms with Gasteiger partial charge in [-0.3, -0.25) is 0 Å². The van der Waals surface area contributed by atoms with Gasteiger partial charge < -0.3 is 4.74 Å². The van der Waals surface area contributed by atoms with Crippen molar-refractivity contribution in [1.82, 2.24) is 0 Å². The second kappa shape index (κ2) is 6.36. The van der Waals surface area contributed by atoms with Crippen LogP contribution in [0.3, 0.4) is 0 Å². The Morgan fingerprint density at radius 1 is 1.28 bits per heavy atom. The highest BCUT2D eigenvalue weighted by atomic mass is 127. The van der Waals surface area contributed by atoms with E-state index in [1.54, 1.807) is 6.92 Å². The molecule has 98 valence electrons. The van der Waals surface area contributed by atoms with Gasteiger partial charge in [0.15, 0.2) is 0 Å². The summed E-state index contributed by atoms with van der Waals surface area (Å²) in [5.41, 5.74) is 2.47. The number of ether oxygens (including phenoxy) is 1. The SMILES string of the molecule is CCOC(=O)/C=C(\I)c1ccc(C(C)(C)C)cc1. The number of carbonyl (C=O) groups excluding carboxylic acids is 1. The minimum atomic E-state index is -0.290. The summed E-state index contributed by atoms with van der Waals surface area (Å²) in [5.74, 6) is -0.290. The van der Waals surface area contributed by atoms with Gasteiger partial charge in [0.2, 0.25) is 0 Å². The van der Waals surface area contributed by atoms with E-state index >= 15 is 0 Å². The van der Waals surface area contributed by atoms with E-state index in [0.717, 1.165) is 9.14 Å². The van der Waals surface area contributed by atoms with Crippen LogP contribution in [0.15, 0.2) is 30.3 Å². The topological polar surface area (TPSA) is 26.3 Å². The van der Waals surface area contributed by atoms with Gasteiger partial charge in [-0.05, 0) is 46.1 Å². The van der Waals surface area contributed by atoms with Gasteiger partial charge in [-0.25, -0.2) is 4.79 Å². The van der Waals surface area contributed by atoms with E-state index < -0.39 is 0 Å². The van der Waals surface area contributed by atoms with Crippen LogP contribution in [0.1, 0.15) is 38.8 Å². The van der Waals surface area contributed by atoms with Crippen LogP contribution in [0.25, 0.3) is 3.58 Å². The number of rotatable bonds is 3. The zero-order valence-corrected chi connectivity index (χ0v) is 13.4. The van der Waals surface area contributed by atoms with Crippen LogP contribution in [0.2, 0.25) is 0 Å². The van der Waals surface area contributed by atoms with Crippen LogP contribution in [-0.2, 0) is 14.9 Å². The Kier molecular flexibility index (Phi) is 5.38. The number of halogens is 1. The lowest BCUT2D eigenvalue weighted by Gasteiger charge is -2.19. The largest absolute Gasteiger partial charge is 0.463 e. The van der Waals surface area contributed by atoms with Crippen LogP contribution in [-0.4, -0.2) is 12.6 Å². The van der Waals surface area contributed by atoms with E-state index in [1.165, 1.54) is 11.6 Å². The van der Waals surface area contributed by atoms with Crippen molar-refractivity contribution in [3.8, 4) is 0 Å². The fourth-order valence-electron chi connectivity index (χ4n) is 1.50. The molecular weight excluding hydrogens is 339 g/mol. The Bertz CT molecular complexity index is 439. The fourth-order valence-corrected chi connectivity index (χ4v) is 2.11. The third kappa shape index (κ3) is 4.44. The standard InChI is InChI=1S/C15H19IO2/c1-5-18-14(17)10-13(16)11-6-8-12(9-7-11)15(2,3)4/h6-10H,5H2,1-4H3/b13-10-. The highest BCUT2D eigenvalue weighted by Crippen LogP contribution is 2.26. The molecule has 1 aromatic rings. The predicted molar refractivity (Wildman–Crippen MR) is 83.8 cm³/mol. The summed E-state index contributed by atoms with van der Waals surface area (Å²) in [5, 5.41) is 0. The Labute approximate surface area is 123 Å². The first-order valence-corrected chi connectivity index (χ1v) is 7.07. The van der Waals surface area contributed by atoms with Gasteiger partial charge in [0.05, 0.1) is 6.61 Å². The zero-order chi connectivity index (χ0) is 13.8. The summed E-state index contributed by atoms with van der Waals surface area (Å²) in [6, 6.07) is 8.29. The first-order valence-electron chi connectivity index (χ1n) is 5.99. The quantitative estimate of drug-likeness (QED) is 0.457. The van der Waals surface area contributed by atoms with Gasteiger partial charge in [0, 0.05) is 9.66 Å². The monoisotopic (exact) mass is 358 g/mol. The van der Waals surface area contributed by atoms with Gasteiger partial charge in [0.1, 0.15) is 0 Å². The number of hydrogen-bond acceptors (Lipinski definition) is 2. The molecule has 0 saturated carbocycles. The van der Waals surface area contributed by atoms with Crippen LogP contribution < -0.4 is 0 Å². The molecule has 0 aromatic heterocycles. The molecule has 3 heteroatoms. The third-order valence-corrected chi connectivity index (χ3v) is 3.49. The first kappa shape index (κ1) is 15.2. The molecule has 0 fully saturated rings. The normalized spacial score (nSPS) is 12.4. The average molecular weight is 358 g/mol. The molecule has 0 N–H and O–H groups in total. The highest BCUT2D eigenvalue weighted by Gasteiger charge is 2.13. The predicted octanol–water partition coefficient (Wildman–Crippen LogP) is 4.32. The maximum Gasteiger partial charge on any atom is 0.331 e. The number of hydrogen-bond donors (Lipinski definition) is 0. The molecule has 0 aliphatic rings. The molecule has 2 nitrogen and oxygen atoms in total. The zero-order valence-electron chi connectivity index (χ0n) is 11.3.